The Hall–Kier alpha value is -1.55. The van der Waals surface area contributed by atoms with Crippen LogP contribution in [0.25, 0.3) is 0 Å². The summed E-state index contributed by atoms with van der Waals surface area (Å²) in [6.45, 7) is 5.78. The normalized spacial score (nSPS) is 25.2. The Balaban J connectivity index is 1.91. The van der Waals surface area contributed by atoms with E-state index in [1.807, 2.05) is 11.0 Å². The van der Waals surface area contributed by atoms with Crippen LogP contribution in [0.15, 0.2) is 18.2 Å². The van der Waals surface area contributed by atoms with Crippen LogP contribution in [0.1, 0.15) is 37.4 Å². The lowest BCUT2D eigenvalue weighted by atomic mass is 9.97. The zero-order valence-corrected chi connectivity index (χ0v) is 12.1. The van der Waals surface area contributed by atoms with Crippen molar-refractivity contribution in [3.63, 3.8) is 0 Å². The van der Waals surface area contributed by atoms with Crippen molar-refractivity contribution in [1.82, 2.24) is 4.90 Å². The molecule has 4 nitrogen and oxygen atoms in total. The first-order valence-corrected chi connectivity index (χ1v) is 7.37. The molecule has 1 saturated heterocycles. The minimum absolute atomic E-state index is 0.01000. The number of hydrogen-bond donors (Lipinski definition) is 1. The zero-order chi connectivity index (χ0) is 14.3. The Kier molecular flexibility index (Phi) is 3.42. The van der Waals surface area contributed by atoms with Crippen LogP contribution in [0, 0.1) is 5.92 Å². The molecule has 2 aliphatic rings. The van der Waals surface area contributed by atoms with Crippen molar-refractivity contribution in [2.45, 2.75) is 38.8 Å². The van der Waals surface area contributed by atoms with Gasteiger partial charge >= 0.3 is 0 Å². The van der Waals surface area contributed by atoms with Gasteiger partial charge in [0, 0.05) is 25.4 Å². The molecule has 2 N–H and O–H groups in total. The minimum atomic E-state index is -0.110. The van der Waals surface area contributed by atoms with E-state index in [0.717, 1.165) is 30.9 Å². The number of rotatable bonds is 3. The van der Waals surface area contributed by atoms with Crippen molar-refractivity contribution < 1.29 is 9.53 Å². The molecule has 0 aromatic heterocycles. The second-order valence-electron chi connectivity index (χ2n) is 6.22. The van der Waals surface area contributed by atoms with Gasteiger partial charge in [-0.25, -0.2) is 0 Å². The first-order chi connectivity index (χ1) is 9.56. The summed E-state index contributed by atoms with van der Waals surface area (Å²) in [6.07, 6.45) is 1.40. The van der Waals surface area contributed by atoms with E-state index >= 15 is 0 Å². The maximum Gasteiger partial charge on any atom is 0.224 e. The molecule has 1 aromatic rings. The van der Waals surface area contributed by atoms with Gasteiger partial charge in [0.25, 0.3) is 0 Å². The lowest BCUT2D eigenvalue weighted by Crippen LogP contribution is -2.35. The number of amides is 1. The highest BCUT2D eigenvalue weighted by molar-refractivity contribution is 5.80. The minimum Gasteiger partial charge on any atom is -0.493 e. The fourth-order valence-electron chi connectivity index (χ4n) is 3.24. The quantitative estimate of drug-likeness (QED) is 0.915. The molecule has 0 saturated carbocycles. The number of carbonyl (C=O) groups excluding carboxylic acids is 1. The lowest BCUT2D eigenvalue weighted by Gasteiger charge is -2.29. The molecule has 108 valence electrons. The van der Waals surface area contributed by atoms with Gasteiger partial charge in [0.15, 0.2) is 0 Å². The zero-order valence-electron chi connectivity index (χ0n) is 12.1. The Morgan fingerprint density at radius 1 is 1.45 bits per heavy atom. The number of nitrogens with zero attached hydrogens (tertiary/aromatic N) is 1. The summed E-state index contributed by atoms with van der Waals surface area (Å²) in [5.74, 6) is 1.60. The molecule has 20 heavy (non-hydrogen) atoms. The van der Waals surface area contributed by atoms with Crippen molar-refractivity contribution >= 4 is 5.91 Å². The summed E-state index contributed by atoms with van der Waals surface area (Å²) >= 11 is 0. The highest BCUT2D eigenvalue weighted by Crippen LogP contribution is 2.36. The number of ether oxygens (including phenoxy) is 1. The first kappa shape index (κ1) is 13.4. The number of benzene rings is 1. The molecular formula is C16H22N2O2. The third-order valence-corrected chi connectivity index (χ3v) is 4.09. The van der Waals surface area contributed by atoms with E-state index in [1.165, 1.54) is 5.56 Å². The van der Waals surface area contributed by atoms with Gasteiger partial charge in [0.05, 0.1) is 12.6 Å². The van der Waals surface area contributed by atoms with E-state index in [4.69, 9.17) is 10.5 Å². The molecular weight excluding hydrogens is 252 g/mol. The van der Waals surface area contributed by atoms with Gasteiger partial charge in [0.1, 0.15) is 5.75 Å². The smallest absolute Gasteiger partial charge is 0.224 e. The molecule has 2 atom stereocenters. The highest BCUT2D eigenvalue weighted by Gasteiger charge is 2.39. The van der Waals surface area contributed by atoms with Gasteiger partial charge in [-0.15, -0.1) is 0 Å². The van der Waals surface area contributed by atoms with Crippen molar-refractivity contribution in [2.24, 2.45) is 11.7 Å². The number of fused-ring (bicyclic) bond motifs is 1. The van der Waals surface area contributed by atoms with Crippen molar-refractivity contribution in [3.05, 3.63) is 29.3 Å². The van der Waals surface area contributed by atoms with Crippen LogP contribution in [0.3, 0.4) is 0 Å². The van der Waals surface area contributed by atoms with E-state index in [-0.39, 0.29) is 18.0 Å². The average molecular weight is 274 g/mol. The van der Waals surface area contributed by atoms with Gasteiger partial charge in [-0.3, -0.25) is 4.79 Å². The summed E-state index contributed by atoms with van der Waals surface area (Å²) in [6, 6.07) is 6.14. The second-order valence-corrected chi connectivity index (χ2v) is 6.22. The van der Waals surface area contributed by atoms with Gasteiger partial charge in [-0.05, 0) is 29.2 Å². The molecule has 2 unspecified atom stereocenters. The number of hydrogen-bond acceptors (Lipinski definition) is 3. The third-order valence-electron chi connectivity index (χ3n) is 4.09. The molecule has 0 aliphatic carbocycles. The van der Waals surface area contributed by atoms with Gasteiger partial charge in [-0.1, -0.05) is 19.9 Å². The summed E-state index contributed by atoms with van der Waals surface area (Å²) in [5.41, 5.74) is 8.60. The van der Waals surface area contributed by atoms with Crippen LogP contribution in [-0.2, 0) is 11.2 Å². The fourth-order valence-corrected chi connectivity index (χ4v) is 3.24. The average Bonchev–Trinajstić information content (AvgIpc) is 2.93. The molecule has 0 bridgehead atoms. The molecule has 3 rings (SSSR count). The number of likely N-dealkylation sites (tertiary alicyclic amines) is 1. The molecule has 2 heterocycles. The Labute approximate surface area is 119 Å². The lowest BCUT2D eigenvalue weighted by molar-refractivity contribution is -0.129. The number of nitrogens with two attached hydrogens (primary N) is 1. The maximum absolute atomic E-state index is 12.2. The van der Waals surface area contributed by atoms with E-state index in [9.17, 15) is 4.79 Å². The van der Waals surface area contributed by atoms with Crippen LogP contribution < -0.4 is 10.5 Å². The van der Waals surface area contributed by atoms with Crippen LogP contribution >= 0.6 is 0 Å². The van der Waals surface area contributed by atoms with Crippen LogP contribution in [0.4, 0.5) is 0 Å². The second kappa shape index (κ2) is 5.09. The van der Waals surface area contributed by atoms with E-state index in [2.05, 4.69) is 26.0 Å². The van der Waals surface area contributed by atoms with Gasteiger partial charge in [0.2, 0.25) is 5.91 Å². The molecule has 1 aromatic carbocycles. The Bertz CT molecular complexity index is 527. The molecule has 0 radical (unpaired) electrons. The van der Waals surface area contributed by atoms with Gasteiger partial charge in [-0.2, -0.15) is 0 Å². The van der Waals surface area contributed by atoms with Crippen molar-refractivity contribution in [2.75, 3.05) is 13.2 Å². The third kappa shape index (κ3) is 2.29. The summed E-state index contributed by atoms with van der Waals surface area (Å²) in [4.78, 5) is 14.1. The van der Waals surface area contributed by atoms with Crippen LogP contribution in [-0.4, -0.2) is 30.0 Å². The van der Waals surface area contributed by atoms with E-state index in [0.29, 0.717) is 12.3 Å². The summed E-state index contributed by atoms with van der Waals surface area (Å²) in [7, 11) is 0. The molecule has 4 heteroatoms. The molecule has 0 spiro atoms. The van der Waals surface area contributed by atoms with Gasteiger partial charge < -0.3 is 15.4 Å². The fraction of sp³-hybridized carbons (Fsp3) is 0.562. The first-order valence-electron chi connectivity index (χ1n) is 7.37. The SMILES string of the molecule is CC(C)CN1C(=O)CC(N)C1c1ccc2c(c1)CCO2. The Morgan fingerprint density at radius 3 is 3.00 bits per heavy atom. The predicted octanol–water partition coefficient (Wildman–Crippen LogP) is 1.88. The molecule has 2 aliphatic heterocycles. The standard InChI is InChI=1S/C16H22N2O2/c1-10(2)9-18-15(19)8-13(17)16(18)12-3-4-14-11(7-12)5-6-20-14/h3-4,7,10,13,16H,5-6,8-9,17H2,1-2H3. The molecule has 1 fully saturated rings. The predicted molar refractivity (Wildman–Crippen MR) is 77.5 cm³/mol. The van der Waals surface area contributed by atoms with Crippen LogP contribution in [0.5, 0.6) is 5.75 Å². The Morgan fingerprint density at radius 2 is 2.25 bits per heavy atom. The molecule has 1 amide bonds. The highest BCUT2D eigenvalue weighted by atomic mass is 16.5. The van der Waals surface area contributed by atoms with Crippen molar-refractivity contribution in [3.8, 4) is 5.75 Å². The maximum atomic E-state index is 12.2. The van der Waals surface area contributed by atoms with Crippen molar-refractivity contribution in [1.29, 1.82) is 0 Å². The topological polar surface area (TPSA) is 55.6 Å². The summed E-state index contributed by atoms with van der Waals surface area (Å²) < 4.78 is 5.54. The summed E-state index contributed by atoms with van der Waals surface area (Å²) in [5, 5.41) is 0. The monoisotopic (exact) mass is 274 g/mol. The number of carbonyl (C=O) groups is 1. The van der Waals surface area contributed by atoms with E-state index in [1.54, 1.807) is 0 Å². The van der Waals surface area contributed by atoms with Crippen LogP contribution in [0.2, 0.25) is 0 Å². The van der Waals surface area contributed by atoms with E-state index < -0.39 is 0 Å². The largest absolute Gasteiger partial charge is 0.493 e.